The van der Waals surface area contributed by atoms with Gasteiger partial charge in [0.05, 0.1) is 13.2 Å². The van der Waals surface area contributed by atoms with Gasteiger partial charge in [-0.3, -0.25) is 9.69 Å². The van der Waals surface area contributed by atoms with Gasteiger partial charge in [0.2, 0.25) is 0 Å². The van der Waals surface area contributed by atoms with Crippen molar-refractivity contribution in [2.24, 2.45) is 0 Å². The lowest BCUT2D eigenvalue weighted by Crippen LogP contribution is -2.40. The van der Waals surface area contributed by atoms with Crippen LogP contribution in [0, 0.1) is 0 Å². The van der Waals surface area contributed by atoms with E-state index in [2.05, 4.69) is 10.2 Å². The van der Waals surface area contributed by atoms with Gasteiger partial charge >= 0.3 is 5.63 Å². The predicted molar refractivity (Wildman–Crippen MR) is 123 cm³/mol. The van der Waals surface area contributed by atoms with E-state index < -0.39 is 11.7 Å². The molecule has 0 unspecified atom stereocenters. The summed E-state index contributed by atoms with van der Waals surface area (Å²) < 4.78 is 16.6. The van der Waals surface area contributed by atoms with Crippen LogP contribution in [0.3, 0.4) is 0 Å². The number of morpholine rings is 1. The van der Waals surface area contributed by atoms with E-state index in [9.17, 15) is 9.59 Å². The molecule has 1 saturated heterocycles. The lowest BCUT2D eigenvalue weighted by atomic mass is 10.0. The molecule has 32 heavy (non-hydrogen) atoms. The summed E-state index contributed by atoms with van der Waals surface area (Å²) in [5, 5.41) is 3.73. The first-order chi connectivity index (χ1) is 15.6. The van der Waals surface area contributed by atoms with E-state index in [1.807, 2.05) is 36.4 Å². The minimum Gasteiger partial charge on any atom is -0.481 e. The second-order valence-corrected chi connectivity index (χ2v) is 7.86. The minimum absolute atomic E-state index is 0.174. The molecule has 1 N–H and O–H groups in total. The zero-order valence-corrected chi connectivity index (χ0v) is 18.2. The largest absolute Gasteiger partial charge is 0.481 e. The van der Waals surface area contributed by atoms with Crippen LogP contribution in [0.5, 0.6) is 5.75 Å². The molecule has 1 fully saturated rings. The molecule has 1 amide bonds. The number of benzene rings is 2. The molecule has 1 aliphatic heterocycles. The molecule has 0 bridgehead atoms. The molecule has 2 heterocycles. The number of nitrogens with zero attached hydrogens (tertiary/aromatic N) is 1. The number of nitrogens with one attached hydrogen (secondary N) is 1. The van der Waals surface area contributed by atoms with E-state index in [4.69, 9.17) is 13.9 Å². The van der Waals surface area contributed by atoms with Crippen molar-refractivity contribution in [2.45, 2.75) is 19.4 Å². The summed E-state index contributed by atoms with van der Waals surface area (Å²) in [5.41, 5.74) is 1.73. The highest BCUT2D eigenvalue weighted by atomic mass is 16.5. The van der Waals surface area contributed by atoms with Crippen molar-refractivity contribution >= 4 is 16.9 Å². The highest BCUT2D eigenvalue weighted by molar-refractivity contribution is 5.93. The fourth-order valence-electron chi connectivity index (χ4n) is 3.81. The van der Waals surface area contributed by atoms with Crippen molar-refractivity contribution in [3.8, 4) is 16.9 Å². The zero-order valence-electron chi connectivity index (χ0n) is 18.2. The second-order valence-electron chi connectivity index (χ2n) is 7.86. The Kier molecular flexibility index (Phi) is 7.19. The van der Waals surface area contributed by atoms with Gasteiger partial charge in [-0.1, -0.05) is 30.3 Å². The van der Waals surface area contributed by atoms with Crippen molar-refractivity contribution in [3.63, 3.8) is 0 Å². The van der Waals surface area contributed by atoms with Crippen LogP contribution in [0.4, 0.5) is 0 Å². The topological polar surface area (TPSA) is 81.0 Å². The molecule has 1 aliphatic rings. The van der Waals surface area contributed by atoms with E-state index in [1.54, 1.807) is 19.1 Å². The summed E-state index contributed by atoms with van der Waals surface area (Å²) in [4.78, 5) is 26.8. The van der Waals surface area contributed by atoms with Crippen LogP contribution in [0.1, 0.15) is 13.3 Å². The summed E-state index contributed by atoms with van der Waals surface area (Å²) in [7, 11) is 0. The van der Waals surface area contributed by atoms with Gasteiger partial charge in [-0.2, -0.15) is 0 Å². The maximum atomic E-state index is 12.4. The first-order valence-corrected chi connectivity index (χ1v) is 11.0. The van der Waals surface area contributed by atoms with Crippen LogP contribution in [0.2, 0.25) is 0 Å². The molecule has 1 atom stereocenters. The first kappa shape index (κ1) is 22.0. The van der Waals surface area contributed by atoms with E-state index in [-0.39, 0.29) is 5.91 Å². The van der Waals surface area contributed by atoms with Gasteiger partial charge in [-0.05, 0) is 43.1 Å². The molecule has 1 aromatic heterocycles. The molecular formula is C25H28N2O5. The fraction of sp³-hybridized carbons (Fsp3) is 0.360. The van der Waals surface area contributed by atoms with Crippen LogP contribution >= 0.6 is 0 Å². The van der Waals surface area contributed by atoms with Crippen molar-refractivity contribution in [1.82, 2.24) is 10.2 Å². The predicted octanol–water partition coefficient (Wildman–Crippen LogP) is 3.07. The maximum Gasteiger partial charge on any atom is 0.336 e. The van der Waals surface area contributed by atoms with Gasteiger partial charge in [0.1, 0.15) is 11.3 Å². The van der Waals surface area contributed by atoms with Gasteiger partial charge in [0.25, 0.3) is 5.91 Å². The standard InChI is InChI=1S/C25H28N2O5/c1-18(25(29)26-10-5-11-27-12-14-30-15-13-27)31-20-8-9-21-22(19-6-3-2-4-7-19)17-24(28)32-23(21)16-20/h2-4,6-9,16-18H,5,10-15H2,1H3,(H,26,29)/t18-/m1/s1. The molecule has 0 radical (unpaired) electrons. The zero-order chi connectivity index (χ0) is 22.3. The third-order valence-corrected chi connectivity index (χ3v) is 5.54. The molecule has 4 rings (SSSR count). The van der Waals surface area contributed by atoms with E-state index in [0.29, 0.717) is 17.9 Å². The summed E-state index contributed by atoms with van der Waals surface area (Å²) >= 11 is 0. The van der Waals surface area contributed by atoms with E-state index in [1.165, 1.54) is 6.07 Å². The smallest absolute Gasteiger partial charge is 0.336 e. The lowest BCUT2D eigenvalue weighted by Gasteiger charge is -2.26. The van der Waals surface area contributed by atoms with Gasteiger partial charge in [-0.25, -0.2) is 4.79 Å². The molecule has 7 nitrogen and oxygen atoms in total. The van der Waals surface area contributed by atoms with Crippen LogP contribution in [0.25, 0.3) is 22.1 Å². The Hall–Kier alpha value is -3.16. The second kappa shape index (κ2) is 10.4. The van der Waals surface area contributed by atoms with Crippen LogP contribution in [0.15, 0.2) is 63.8 Å². The molecule has 7 heteroatoms. The number of amides is 1. The van der Waals surface area contributed by atoms with Crippen LogP contribution < -0.4 is 15.7 Å². The fourth-order valence-corrected chi connectivity index (χ4v) is 3.81. The van der Waals surface area contributed by atoms with Crippen molar-refractivity contribution in [1.29, 1.82) is 0 Å². The third kappa shape index (κ3) is 5.55. The summed E-state index contributed by atoms with van der Waals surface area (Å²) in [6.07, 6.45) is 0.210. The number of carbonyl (C=O) groups is 1. The summed E-state index contributed by atoms with van der Waals surface area (Å²) in [6, 6.07) is 16.5. The Balaban J connectivity index is 1.37. The molecule has 0 spiro atoms. The Morgan fingerprint density at radius 1 is 1.12 bits per heavy atom. The van der Waals surface area contributed by atoms with Crippen molar-refractivity contribution in [3.05, 3.63) is 65.0 Å². The Morgan fingerprint density at radius 2 is 1.91 bits per heavy atom. The normalized spacial score (nSPS) is 15.4. The Labute approximate surface area is 186 Å². The number of hydrogen-bond acceptors (Lipinski definition) is 6. The molecule has 3 aromatic rings. The molecule has 168 valence electrons. The minimum atomic E-state index is -0.667. The monoisotopic (exact) mass is 436 g/mol. The maximum absolute atomic E-state index is 12.4. The number of rotatable bonds is 8. The number of fused-ring (bicyclic) bond motifs is 1. The SMILES string of the molecule is C[C@@H](Oc1ccc2c(-c3ccccc3)cc(=O)oc2c1)C(=O)NCCCN1CCOCC1. The summed E-state index contributed by atoms with van der Waals surface area (Å²) in [5.74, 6) is 0.299. The Morgan fingerprint density at radius 3 is 2.69 bits per heavy atom. The van der Waals surface area contributed by atoms with E-state index in [0.717, 1.165) is 55.8 Å². The van der Waals surface area contributed by atoms with E-state index >= 15 is 0 Å². The molecular weight excluding hydrogens is 408 g/mol. The van der Waals surface area contributed by atoms with Crippen molar-refractivity contribution < 1.29 is 18.7 Å². The van der Waals surface area contributed by atoms with Crippen molar-refractivity contribution in [2.75, 3.05) is 39.4 Å². The number of hydrogen-bond donors (Lipinski definition) is 1. The van der Waals surface area contributed by atoms with Gasteiger partial charge < -0.3 is 19.2 Å². The van der Waals surface area contributed by atoms with Gasteiger partial charge in [-0.15, -0.1) is 0 Å². The quantitative estimate of drug-likeness (QED) is 0.432. The number of ether oxygens (including phenoxy) is 2. The van der Waals surface area contributed by atoms with Gasteiger partial charge in [0.15, 0.2) is 6.10 Å². The summed E-state index contributed by atoms with van der Waals surface area (Å²) in [6.45, 7) is 6.67. The lowest BCUT2D eigenvalue weighted by molar-refractivity contribution is -0.127. The molecule has 2 aromatic carbocycles. The average molecular weight is 437 g/mol. The van der Waals surface area contributed by atoms with Gasteiger partial charge in [0, 0.05) is 37.2 Å². The molecule has 0 aliphatic carbocycles. The third-order valence-electron chi connectivity index (χ3n) is 5.54. The first-order valence-electron chi connectivity index (χ1n) is 11.0. The average Bonchev–Trinajstić information content (AvgIpc) is 2.82. The number of carbonyl (C=O) groups excluding carboxylic acids is 1. The highest BCUT2D eigenvalue weighted by Crippen LogP contribution is 2.29. The molecule has 0 saturated carbocycles. The van der Waals surface area contributed by atoms with Crippen LogP contribution in [-0.2, 0) is 9.53 Å². The highest BCUT2D eigenvalue weighted by Gasteiger charge is 2.16. The Bertz CT molecular complexity index is 1110. The van der Waals surface area contributed by atoms with Crippen LogP contribution in [-0.4, -0.2) is 56.3 Å².